The Morgan fingerprint density at radius 1 is 1.25 bits per heavy atom. The number of hydrogen-bond acceptors (Lipinski definition) is 5. The summed E-state index contributed by atoms with van der Waals surface area (Å²) in [6.45, 7) is 0. The molecule has 1 saturated carbocycles. The second-order valence-corrected chi connectivity index (χ2v) is 7.37. The van der Waals surface area contributed by atoms with Crippen LogP contribution in [0.1, 0.15) is 43.5 Å². The number of thiazole rings is 1. The van der Waals surface area contributed by atoms with Crippen molar-refractivity contribution in [2.75, 3.05) is 7.11 Å². The first-order chi connectivity index (χ1) is 11.6. The predicted octanol–water partition coefficient (Wildman–Crippen LogP) is 3.22. The molecule has 1 N–H and O–H groups in total. The molecule has 3 rings (SSSR count). The molecule has 0 aliphatic heterocycles. The van der Waals surface area contributed by atoms with Crippen molar-refractivity contribution in [2.24, 2.45) is 0 Å². The molecule has 5 nitrogen and oxygen atoms in total. The number of esters is 1. The maximum absolute atomic E-state index is 12.4. The topological polar surface area (TPSA) is 68.3 Å². The summed E-state index contributed by atoms with van der Waals surface area (Å²) in [7, 11) is 1.38. The maximum atomic E-state index is 12.4. The number of fused-ring (bicyclic) bond motifs is 1. The molecule has 1 aliphatic rings. The Balaban J connectivity index is 1.62. The monoisotopic (exact) mass is 346 g/mol. The number of amides is 1. The van der Waals surface area contributed by atoms with Crippen LogP contribution in [0.5, 0.6) is 0 Å². The third-order valence-corrected chi connectivity index (χ3v) is 5.66. The summed E-state index contributed by atoms with van der Waals surface area (Å²) in [5.41, 5.74) is 0.133. The molecule has 0 saturated heterocycles. The summed E-state index contributed by atoms with van der Waals surface area (Å²) < 4.78 is 6.06. The van der Waals surface area contributed by atoms with E-state index in [1.165, 1.54) is 7.11 Å². The van der Waals surface area contributed by atoms with Crippen LogP contribution < -0.4 is 5.32 Å². The standard InChI is InChI=1S/C18H22N2O3S/c1-23-17(22)18(11-5-2-6-12-18)20-15(21)9-10-16-19-13-7-3-4-8-14(13)24-16/h3-4,7-8H,2,5-6,9-12H2,1H3,(H,20,21). The van der Waals surface area contributed by atoms with E-state index in [1.54, 1.807) is 11.3 Å². The van der Waals surface area contributed by atoms with Crippen molar-refractivity contribution in [3.8, 4) is 0 Å². The maximum Gasteiger partial charge on any atom is 0.331 e. The molecule has 0 bridgehead atoms. The molecule has 6 heteroatoms. The number of nitrogens with zero attached hydrogens (tertiary/aromatic N) is 1. The van der Waals surface area contributed by atoms with Crippen LogP contribution in [0.3, 0.4) is 0 Å². The Bertz CT molecular complexity index is 702. The summed E-state index contributed by atoms with van der Waals surface area (Å²) in [6.07, 6.45) is 5.21. The minimum atomic E-state index is -0.836. The van der Waals surface area contributed by atoms with Crippen LogP contribution in [-0.4, -0.2) is 29.5 Å². The molecule has 0 spiro atoms. The highest BCUT2D eigenvalue weighted by atomic mass is 32.1. The van der Waals surface area contributed by atoms with Crippen molar-refractivity contribution in [1.29, 1.82) is 0 Å². The quantitative estimate of drug-likeness (QED) is 0.844. The molecule has 2 aromatic rings. The normalized spacial score (nSPS) is 16.7. The first kappa shape index (κ1) is 16.9. The number of carbonyl (C=O) groups excluding carboxylic acids is 2. The average Bonchev–Trinajstić information content (AvgIpc) is 3.03. The summed E-state index contributed by atoms with van der Waals surface area (Å²) in [5, 5.41) is 3.90. The van der Waals surface area contributed by atoms with Gasteiger partial charge in [-0.3, -0.25) is 4.79 Å². The number of nitrogens with one attached hydrogen (secondary N) is 1. The number of rotatable bonds is 5. The van der Waals surface area contributed by atoms with E-state index in [-0.39, 0.29) is 11.9 Å². The molecule has 1 aromatic heterocycles. The smallest absolute Gasteiger partial charge is 0.331 e. The lowest BCUT2D eigenvalue weighted by atomic mass is 9.81. The zero-order chi connectivity index (χ0) is 17.0. The molecule has 0 unspecified atom stereocenters. The van der Waals surface area contributed by atoms with Gasteiger partial charge in [0, 0.05) is 12.8 Å². The van der Waals surface area contributed by atoms with E-state index in [0.29, 0.717) is 25.7 Å². The van der Waals surface area contributed by atoms with Gasteiger partial charge in [0.1, 0.15) is 5.54 Å². The predicted molar refractivity (Wildman–Crippen MR) is 93.9 cm³/mol. The van der Waals surface area contributed by atoms with Crippen molar-refractivity contribution in [3.05, 3.63) is 29.3 Å². The Morgan fingerprint density at radius 2 is 2.00 bits per heavy atom. The van der Waals surface area contributed by atoms with E-state index in [0.717, 1.165) is 34.5 Å². The van der Waals surface area contributed by atoms with Crippen molar-refractivity contribution in [3.63, 3.8) is 0 Å². The third kappa shape index (κ3) is 3.59. The van der Waals surface area contributed by atoms with Crippen LogP contribution in [0.2, 0.25) is 0 Å². The Hall–Kier alpha value is -1.95. The zero-order valence-electron chi connectivity index (χ0n) is 13.8. The third-order valence-electron chi connectivity index (χ3n) is 4.57. The average molecular weight is 346 g/mol. The van der Waals surface area contributed by atoms with Gasteiger partial charge in [0.15, 0.2) is 0 Å². The minimum Gasteiger partial charge on any atom is -0.467 e. The summed E-state index contributed by atoms with van der Waals surface area (Å²) in [5.74, 6) is -0.433. The number of ether oxygens (including phenoxy) is 1. The molecular formula is C18H22N2O3S. The van der Waals surface area contributed by atoms with Crippen molar-refractivity contribution < 1.29 is 14.3 Å². The Morgan fingerprint density at radius 3 is 2.71 bits per heavy atom. The van der Waals surface area contributed by atoms with Gasteiger partial charge in [-0.05, 0) is 25.0 Å². The lowest BCUT2D eigenvalue weighted by Crippen LogP contribution is -2.56. The highest BCUT2D eigenvalue weighted by Crippen LogP contribution is 2.29. The molecular weight excluding hydrogens is 324 g/mol. The van der Waals surface area contributed by atoms with Crippen LogP contribution in [0, 0.1) is 0 Å². The van der Waals surface area contributed by atoms with E-state index in [4.69, 9.17) is 4.74 Å². The highest BCUT2D eigenvalue weighted by Gasteiger charge is 2.41. The van der Waals surface area contributed by atoms with Crippen LogP contribution >= 0.6 is 11.3 Å². The lowest BCUT2D eigenvalue weighted by Gasteiger charge is -2.35. The summed E-state index contributed by atoms with van der Waals surface area (Å²) in [4.78, 5) is 29.1. The van der Waals surface area contributed by atoms with Crippen LogP contribution in [0.15, 0.2) is 24.3 Å². The molecule has 1 aliphatic carbocycles. The highest BCUT2D eigenvalue weighted by molar-refractivity contribution is 7.18. The van der Waals surface area contributed by atoms with E-state index in [9.17, 15) is 9.59 Å². The molecule has 1 amide bonds. The number of methoxy groups -OCH3 is 1. The van der Waals surface area contributed by atoms with Gasteiger partial charge in [-0.2, -0.15) is 0 Å². The van der Waals surface area contributed by atoms with E-state index < -0.39 is 5.54 Å². The fourth-order valence-electron chi connectivity index (χ4n) is 3.31. The second kappa shape index (κ2) is 7.30. The second-order valence-electron chi connectivity index (χ2n) is 6.26. The van der Waals surface area contributed by atoms with Crippen LogP contribution in [0.25, 0.3) is 10.2 Å². The van der Waals surface area contributed by atoms with Gasteiger partial charge in [-0.25, -0.2) is 9.78 Å². The fraction of sp³-hybridized carbons (Fsp3) is 0.500. The number of carbonyl (C=O) groups is 2. The van der Waals surface area contributed by atoms with Gasteiger partial charge < -0.3 is 10.1 Å². The molecule has 128 valence electrons. The first-order valence-electron chi connectivity index (χ1n) is 8.37. The SMILES string of the molecule is COC(=O)C1(NC(=O)CCc2nc3ccccc3s2)CCCCC1. The van der Waals surface area contributed by atoms with Gasteiger partial charge in [0.2, 0.25) is 5.91 Å². The summed E-state index contributed by atoms with van der Waals surface area (Å²) in [6, 6.07) is 7.95. The minimum absolute atomic E-state index is 0.110. The molecule has 1 aromatic carbocycles. The Labute approximate surface area is 145 Å². The zero-order valence-corrected chi connectivity index (χ0v) is 14.7. The largest absolute Gasteiger partial charge is 0.467 e. The fourth-order valence-corrected chi connectivity index (χ4v) is 4.27. The summed E-state index contributed by atoms with van der Waals surface area (Å²) >= 11 is 1.61. The molecule has 1 heterocycles. The molecule has 0 radical (unpaired) electrons. The van der Waals surface area contributed by atoms with Gasteiger partial charge >= 0.3 is 5.97 Å². The van der Waals surface area contributed by atoms with Gasteiger partial charge in [-0.15, -0.1) is 11.3 Å². The Kier molecular flexibility index (Phi) is 5.14. The number of hydrogen-bond donors (Lipinski definition) is 1. The van der Waals surface area contributed by atoms with Crippen molar-refractivity contribution in [2.45, 2.75) is 50.5 Å². The number of aryl methyl sites for hydroxylation is 1. The van der Waals surface area contributed by atoms with Gasteiger partial charge in [-0.1, -0.05) is 31.4 Å². The molecule has 0 atom stereocenters. The van der Waals surface area contributed by atoms with E-state index >= 15 is 0 Å². The van der Waals surface area contributed by atoms with Gasteiger partial charge in [0.05, 0.1) is 22.3 Å². The number of aromatic nitrogens is 1. The van der Waals surface area contributed by atoms with Crippen molar-refractivity contribution in [1.82, 2.24) is 10.3 Å². The van der Waals surface area contributed by atoms with Crippen molar-refractivity contribution >= 4 is 33.4 Å². The molecule has 1 fully saturated rings. The van der Waals surface area contributed by atoms with Crippen LogP contribution in [0.4, 0.5) is 0 Å². The van der Waals surface area contributed by atoms with E-state index in [2.05, 4.69) is 10.3 Å². The molecule has 24 heavy (non-hydrogen) atoms. The first-order valence-corrected chi connectivity index (χ1v) is 9.18. The number of para-hydroxylation sites is 1. The van der Waals surface area contributed by atoms with E-state index in [1.807, 2.05) is 24.3 Å². The van der Waals surface area contributed by atoms with Crippen LogP contribution in [-0.2, 0) is 20.7 Å². The lowest BCUT2D eigenvalue weighted by molar-refractivity contribution is -0.152. The number of benzene rings is 1. The van der Waals surface area contributed by atoms with Gasteiger partial charge in [0.25, 0.3) is 0 Å².